The summed E-state index contributed by atoms with van der Waals surface area (Å²) in [6.45, 7) is 12.2. The number of hydrogen-bond donors (Lipinski definition) is 0. The van der Waals surface area contributed by atoms with Crippen LogP contribution in [0.25, 0.3) is 65.7 Å². The lowest BCUT2D eigenvalue weighted by atomic mass is 9.85. The van der Waals surface area contributed by atoms with Gasteiger partial charge in [0.05, 0.1) is 8.07 Å². The molecule has 7 aromatic carbocycles. The van der Waals surface area contributed by atoms with Crippen molar-refractivity contribution in [2.45, 2.75) is 38.8 Å². The topological polar surface area (TPSA) is 0 Å². The maximum Gasteiger partial charge on any atom is 0.0776 e. The molecule has 44 heavy (non-hydrogen) atoms. The Hall–Kier alpha value is -4.25. The summed E-state index contributed by atoms with van der Waals surface area (Å²) in [5, 5.41) is 9.46. The predicted molar refractivity (Wildman–Crippen MR) is 199 cm³/mol. The average Bonchev–Trinajstić information content (AvgIpc) is 3.03. The van der Waals surface area contributed by atoms with Crippen LogP contribution in [-0.2, 0) is 6.04 Å². The van der Waals surface area contributed by atoms with Gasteiger partial charge in [0.2, 0.25) is 0 Å². The molecule has 0 unspecified atom stereocenters. The van der Waals surface area contributed by atoms with Crippen LogP contribution in [0.15, 0.2) is 133 Å². The first-order valence-corrected chi connectivity index (χ1v) is 21.9. The Kier molecular flexibility index (Phi) is 7.36. The minimum Gasteiger partial charge on any atom is -0.0710 e. The summed E-state index contributed by atoms with van der Waals surface area (Å²) in [6.07, 6.45) is 0. The Morgan fingerprint density at radius 2 is 1.02 bits per heavy atom. The third-order valence-corrected chi connectivity index (χ3v) is 12.1. The van der Waals surface area contributed by atoms with Crippen LogP contribution in [-0.4, -0.2) is 16.9 Å². The molecule has 215 valence electrons. The summed E-state index contributed by atoms with van der Waals surface area (Å²) in [5.74, 6) is 0. The van der Waals surface area contributed by atoms with E-state index in [1.54, 1.807) is 0 Å². The van der Waals surface area contributed by atoms with E-state index in [0.717, 1.165) is 0 Å². The Morgan fingerprint density at radius 1 is 0.455 bits per heavy atom. The normalized spacial score (nSPS) is 12.0. The van der Waals surface area contributed by atoms with Crippen molar-refractivity contribution in [3.05, 3.63) is 139 Å². The molecule has 0 heterocycles. The molecule has 0 saturated carbocycles. The molecule has 0 aromatic heterocycles. The fourth-order valence-electron chi connectivity index (χ4n) is 6.69. The van der Waals surface area contributed by atoms with Gasteiger partial charge in [0.15, 0.2) is 0 Å². The zero-order valence-corrected chi connectivity index (χ0v) is 28.4. The van der Waals surface area contributed by atoms with Crippen molar-refractivity contribution in [1.29, 1.82) is 0 Å². The standard InChI is InChI=1S/C42H39Si2/c1-43(2)28-29-15-23-37-39(25-29)41(32-12-7-6-8-13-32)38-24-22-36(44(3,4)5)27-40(38)42(37)33-19-16-31(17-20-33)35-21-18-30-11-9-10-14-34(30)26-35/h6-27H,28H2,1-5H3. The van der Waals surface area contributed by atoms with Crippen LogP contribution in [0.3, 0.4) is 0 Å². The van der Waals surface area contributed by atoms with E-state index in [0.29, 0.717) is 0 Å². The lowest BCUT2D eigenvalue weighted by Gasteiger charge is -2.22. The molecule has 0 nitrogen and oxygen atoms in total. The lowest BCUT2D eigenvalue weighted by Crippen LogP contribution is -2.37. The highest BCUT2D eigenvalue weighted by Crippen LogP contribution is 2.44. The van der Waals surface area contributed by atoms with E-state index in [2.05, 4.69) is 166 Å². The molecule has 0 N–H and O–H groups in total. The first kappa shape index (κ1) is 28.5. The second-order valence-corrected chi connectivity index (χ2v) is 21.4. The smallest absolute Gasteiger partial charge is 0.0710 e. The van der Waals surface area contributed by atoms with Gasteiger partial charge in [-0.05, 0) is 77.8 Å². The van der Waals surface area contributed by atoms with Crippen molar-refractivity contribution in [2.24, 2.45) is 0 Å². The van der Waals surface area contributed by atoms with Crippen molar-refractivity contribution in [3.63, 3.8) is 0 Å². The lowest BCUT2D eigenvalue weighted by molar-refractivity contribution is 1.37. The Labute approximate surface area is 264 Å². The zero-order valence-electron chi connectivity index (χ0n) is 26.4. The molecular weight excluding hydrogens is 561 g/mol. The third kappa shape index (κ3) is 5.34. The summed E-state index contributed by atoms with van der Waals surface area (Å²) < 4.78 is 0. The highest BCUT2D eigenvalue weighted by Gasteiger charge is 2.22. The molecule has 1 radical (unpaired) electrons. The van der Waals surface area contributed by atoms with Gasteiger partial charge >= 0.3 is 0 Å². The quantitative estimate of drug-likeness (QED) is 0.132. The van der Waals surface area contributed by atoms with Gasteiger partial charge in [-0.25, -0.2) is 0 Å². The molecular formula is C42H39Si2. The van der Waals surface area contributed by atoms with Crippen LogP contribution in [0.1, 0.15) is 5.56 Å². The number of hydrogen-bond acceptors (Lipinski definition) is 0. The van der Waals surface area contributed by atoms with Gasteiger partial charge in [0.25, 0.3) is 0 Å². The fourth-order valence-corrected chi connectivity index (χ4v) is 8.88. The van der Waals surface area contributed by atoms with E-state index >= 15 is 0 Å². The van der Waals surface area contributed by atoms with Crippen LogP contribution in [0.4, 0.5) is 0 Å². The van der Waals surface area contributed by atoms with E-state index in [4.69, 9.17) is 0 Å². The molecule has 0 atom stereocenters. The maximum atomic E-state index is 2.52. The minimum absolute atomic E-state index is 0.397. The predicted octanol–water partition coefficient (Wildman–Crippen LogP) is 11.5. The minimum atomic E-state index is -1.54. The molecule has 7 aromatic rings. The maximum absolute atomic E-state index is 2.52. The Balaban J connectivity index is 1.50. The van der Waals surface area contributed by atoms with Gasteiger partial charge in [-0.3, -0.25) is 0 Å². The molecule has 0 saturated heterocycles. The highest BCUT2D eigenvalue weighted by atomic mass is 28.3. The molecule has 0 aliphatic carbocycles. The highest BCUT2D eigenvalue weighted by molar-refractivity contribution is 6.88. The van der Waals surface area contributed by atoms with Gasteiger partial charge < -0.3 is 0 Å². The van der Waals surface area contributed by atoms with Crippen LogP contribution >= 0.6 is 0 Å². The van der Waals surface area contributed by atoms with Crippen LogP contribution in [0, 0.1) is 0 Å². The van der Waals surface area contributed by atoms with E-state index < -0.39 is 16.9 Å². The summed E-state index contributed by atoms with van der Waals surface area (Å²) in [5.41, 5.74) is 9.23. The first-order valence-electron chi connectivity index (χ1n) is 15.7. The van der Waals surface area contributed by atoms with Gasteiger partial charge in [0, 0.05) is 8.80 Å². The van der Waals surface area contributed by atoms with E-state index in [9.17, 15) is 0 Å². The van der Waals surface area contributed by atoms with Gasteiger partial charge in [-0.15, -0.1) is 0 Å². The molecule has 2 heteroatoms. The summed E-state index contributed by atoms with van der Waals surface area (Å²) >= 11 is 0. The van der Waals surface area contributed by atoms with Gasteiger partial charge in [0.1, 0.15) is 0 Å². The van der Waals surface area contributed by atoms with Crippen LogP contribution in [0.5, 0.6) is 0 Å². The van der Waals surface area contributed by atoms with Crippen molar-refractivity contribution < 1.29 is 0 Å². The van der Waals surface area contributed by atoms with Crippen molar-refractivity contribution in [1.82, 2.24) is 0 Å². The van der Waals surface area contributed by atoms with Gasteiger partial charge in [-0.1, -0.05) is 171 Å². The number of rotatable bonds is 6. The second kappa shape index (κ2) is 11.4. The molecule has 7 rings (SSSR count). The molecule has 0 aliphatic heterocycles. The summed E-state index contributed by atoms with van der Waals surface area (Å²) in [4.78, 5) is 0. The van der Waals surface area contributed by atoms with Crippen molar-refractivity contribution in [3.8, 4) is 33.4 Å². The number of benzene rings is 7. The van der Waals surface area contributed by atoms with Gasteiger partial charge in [-0.2, -0.15) is 0 Å². The molecule has 0 fully saturated rings. The molecule has 0 spiro atoms. The SMILES string of the molecule is C[Si](C)Cc1ccc2c(-c3ccc(-c4ccc5ccccc5c4)cc3)c3cc([Si](C)(C)C)ccc3c(-c3ccccc3)c2c1. The summed E-state index contributed by atoms with van der Waals surface area (Å²) in [7, 11) is -1.94. The average molecular weight is 600 g/mol. The van der Waals surface area contributed by atoms with Crippen LogP contribution in [0.2, 0.25) is 32.7 Å². The fraction of sp³-hybridized carbons (Fsp3) is 0.143. The number of fused-ring (bicyclic) bond motifs is 3. The van der Waals surface area contributed by atoms with E-state index in [1.807, 2.05) is 0 Å². The van der Waals surface area contributed by atoms with E-state index in [-0.39, 0.29) is 0 Å². The second-order valence-electron chi connectivity index (χ2n) is 13.5. The van der Waals surface area contributed by atoms with E-state index in [1.165, 1.54) is 82.5 Å². The monoisotopic (exact) mass is 599 g/mol. The molecule has 0 amide bonds. The first-order chi connectivity index (χ1) is 21.3. The molecule has 0 bridgehead atoms. The Bertz CT molecular complexity index is 2130. The van der Waals surface area contributed by atoms with Crippen molar-refractivity contribution >= 4 is 54.4 Å². The zero-order chi connectivity index (χ0) is 30.4. The Morgan fingerprint density at radius 3 is 1.70 bits per heavy atom. The molecule has 0 aliphatic rings. The third-order valence-electron chi connectivity index (χ3n) is 8.92. The largest absolute Gasteiger partial charge is 0.0776 e. The van der Waals surface area contributed by atoms with Crippen LogP contribution < -0.4 is 5.19 Å². The van der Waals surface area contributed by atoms with Crippen molar-refractivity contribution in [2.75, 3.05) is 0 Å². The summed E-state index contributed by atoms with van der Waals surface area (Å²) in [6, 6.07) is 51.5.